The molecule has 0 N–H and O–H groups in total. The molecule has 1 aromatic carbocycles. The maximum absolute atomic E-state index is 12.7. The number of hydrogen-bond donors (Lipinski definition) is 0. The first-order valence-corrected chi connectivity index (χ1v) is 14.1. The first-order chi connectivity index (χ1) is 14.2. The molecule has 0 bridgehead atoms. The van der Waals surface area contributed by atoms with Crippen molar-refractivity contribution in [2.75, 3.05) is 0 Å². The summed E-state index contributed by atoms with van der Waals surface area (Å²) in [6, 6.07) is 8.80. The highest BCUT2D eigenvalue weighted by Crippen LogP contribution is 2.40. The monoisotopic (exact) mass is 440 g/mol. The molecule has 2 fully saturated rings. The average molecular weight is 441 g/mol. The van der Waals surface area contributed by atoms with Gasteiger partial charge in [-0.25, -0.2) is 4.79 Å². The van der Waals surface area contributed by atoms with Gasteiger partial charge in [0, 0.05) is 8.80 Å². The number of carbonyl (C=O) groups excluding carboxylic acids is 1. The molecule has 2 nitrogen and oxygen atoms in total. The van der Waals surface area contributed by atoms with Crippen LogP contribution in [0.1, 0.15) is 74.7 Å². The van der Waals surface area contributed by atoms with Crippen LogP contribution in [0.3, 0.4) is 0 Å². The molecule has 1 aromatic rings. The molecule has 3 rings (SSSR count). The molecule has 0 radical (unpaired) electrons. The summed E-state index contributed by atoms with van der Waals surface area (Å²) in [6.45, 7) is 4.64. The highest BCUT2D eigenvalue weighted by Gasteiger charge is 2.33. The van der Waals surface area contributed by atoms with Crippen LogP contribution in [-0.4, -0.2) is 20.9 Å². The van der Waals surface area contributed by atoms with E-state index in [4.69, 9.17) is 4.74 Å². The fraction of sp³-hybridized carbons (Fsp3) is 0.708. The number of esters is 1. The van der Waals surface area contributed by atoms with Gasteiger partial charge in [0.25, 0.3) is 0 Å². The molecule has 168 valence electrons. The van der Waals surface area contributed by atoms with Gasteiger partial charge in [-0.05, 0) is 67.7 Å². The highest BCUT2D eigenvalue weighted by atomic mass is 28.3. The molecule has 0 amide bonds. The largest absolute Gasteiger partial charge is 0.459 e. The first kappa shape index (κ1) is 23.4. The molecule has 30 heavy (non-hydrogen) atoms. The van der Waals surface area contributed by atoms with Crippen molar-refractivity contribution in [3.8, 4) is 0 Å². The van der Waals surface area contributed by atoms with Crippen molar-refractivity contribution in [2.24, 2.45) is 17.8 Å². The second kappa shape index (κ2) is 10.3. The fourth-order valence-electron chi connectivity index (χ4n) is 5.21. The third-order valence-electron chi connectivity index (χ3n) is 7.15. The van der Waals surface area contributed by atoms with E-state index in [1.54, 1.807) is 0 Å². The highest BCUT2D eigenvalue weighted by molar-refractivity contribution is 6.58. The van der Waals surface area contributed by atoms with Gasteiger partial charge in [-0.3, -0.25) is 0 Å². The molecule has 1 saturated heterocycles. The molecule has 0 unspecified atom stereocenters. The minimum absolute atomic E-state index is 0.104. The van der Waals surface area contributed by atoms with Crippen LogP contribution in [0.4, 0.5) is 13.2 Å². The lowest BCUT2D eigenvalue weighted by molar-refractivity contribution is -0.137. The number of hydrogen-bond acceptors (Lipinski definition) is 2. The molecular weight excluding hydrogens is 405 g/mol. The summed E-state index contributed by atoms with van der Waals surface area (Å²) in [5, 5.41) is 0. The van der Waals surface area contributed by atoms with E-state index >= 15 is 0 Å². The molecule has 1 aliphatic carbocycles. The van der Waals surface area contributed by atoms with Gasteiger partial charge in [0.15, 0.2) is 0 Å². The Hall–Kier alpha value is -1.30. The number of alkyl halides is 3. The van der Waals surface area contributed by atoms with E-state index in [2.05, 4.69) is 13.8 Å². The third kappa shape index (κ3) is 6.60. The molecule has 0 atom stereocenters. The van der Waals surface area contributed by atoms with Crippen LogP contribution >= 0.6 is 0 Å². The van der Waals surface area contributed by atoms with Crippen LogP contribution < -0.4 is 0 Å². The van der Waals surface area contributed by atoms with Gasteiger partial charge in [0.1, 0.15) is 6.10 Å². The summed E-state index contributed by atoms with van der Waals surface area (Å²) in [4.78, 5) is 12.3. The summed E-state index contributed by atoms with van der Waals surface area (Å²) >= 11 is 0. The quantitative estimate of drug-likeness (QED) is 0.348. The zero-order valence-electron chi connectivity index (χ0n) is 18.2. The Balaban J connectivity index is 1.40. The summed E-state index contributed by atoms with van der Waals surface area (Å²) in [5.74, 6) is 1.92. The normalized spacial score (nSPS) is 27.8. The molecule has 6 heteroatoms. The summed E-state index contributed by atoms with van der Waals surface area (Å²) < 4.78 is 43.6. The topological polar surface area (TPSA) is 26.3 Å². The van der Waals surface area contributed by atoms with Gasteiger partial charge in [-0.15, -0.1) is 0 Å². The van der Waals surface area contributed by atoms with E-state index in [0.29, 0.717) is 0 Å². The van der Waals surface area contributed by atoms with E-state index in [1.807, 2.05) is 0 Å². The minimum Gasteiger partial charge on any atom is -0.459 e. The maximum atomic E-state index is 12.7. The smallest absolute Gasteiger partial charge is 0.416 e. The van der Waals surface area contributed by atoms with Crippen molar-refractivity contribution < 1.29 is 22.7 Å². The predicted octanol–water partition coefficient (Wildman–Crippen LogP) is 7.10. The zero-order valence-corrected chi connectivity index (χ0v) is 19.4. The van der Waals surface area contributed by atoms with Crippen molar-refractivity contribution >= 4 is 14.8 Å². The number of benzene rings is 1. The van der Waals surface area contributed by atoms with Gasteiger partial charge in [0.2, 0.25) is 0 Å². The molecular formula is C24H35F3O2Si. The standard InChI is InChI=1S/C24H35F3O2Si/c1-17(2)11-14-30-15-12-19(13-16-30)18-5-9-22(10-6-18)29-23(28)20-3-7-21(8-4-20)24(25,26)27/h3-4,7-8,17-19,22,30H,5-6,9-16H2,1-2H3/t18-,19?,22-,30?. The van der Waals surface area contributed by atoms with Crippen LogP contribution in [0.25, 0.3) is 0 Å². The summed E-state index contributed by atoms with van der Waals surface area (Å²) in [7, 11) is -0.496. The predicted molar refractivity (Wildman–Crippen MR) is 116 cm³/mol. The summed E-state index contributed by atoms with van der Waals surface area (Å²) in [6.07, 6.45) is 3.66. The van der Waals surface area contributed by atoms with Crippen LogP contribution in [0, 0.1) is 17.8 Å². The minimum atomic E-state index is -4.39. The molecule has 2 aliphatic rings. The van der Waals surface area contributed by atoms with Crippen molar-refractivity contribution in [2.45, 2.75) is 89.2 Å². The van der Waals surface area contributed by atoms with Gasteiger partial charge >= 0.3 is 12.1 Å². The fourth-order valence-corrected chi connectivity index (χ4v) is 9.01. The zero-order chi connectivity index (χ0) is 21.7. The SMILES string of the molecule is CC(C)CC[SiH]1CCC([C@H]2CC[C@H](OC(=O)c3ccc(C(F)(F)F)cc3)CC2)CC1. The first-order valence-electron chi connectivity index (χ1n) is 11.6. The Labute approximate surface area is 180 Å². The van der Waals surface area contributed by atoms with E-state index in [0.717, 1.165) is 55.6 Å². The lowest BCUT2D eigenvalue weighted by Crippen LogP contribution is -2.31. The number of halogens is 3. The maximum Gasteiger partial charge on any atom is 0.416 e. The van der Waals surface area contributed by atoms with Crippen LogP contribution in [0.5, 0.6) is 0 Å². The van der Waals surface area contributed by atoms with E-state index in [1.165, 1.54) is 49.5 Å². The Bertz CT molecular complexity index is 671. The van der Waals surface area contributed by atoms with E-state index in [9.17, 15) is 18.0 Å². The molecule has 0 aromatic heterocycles. The molecule has 1 aliphatic heterocycles. The third-order valence-corrected chi connectivity index (χ3v) is 10.6. The molecule has 1 saturated carbocycles. The Morgan fingerprint density at radius 3 is 2.10 bits per heavy atom. The van der Waals surface area contributed by atoms with Gasteiger partial charge in [-0.2, -0.15) is 13.2 Å². The second-order valence-corrected chi connectivity index (χ2v) is 13.2. The Kier molecular flexibility index (Phi) is 8.05. The Morgan fingerprint density at radius 2 is 1.57 bits per heavy atom. The van der Waals surface area contributed by atoms with Crippen molar-refractivity contribution in [1.82, 2.24) is 0 Å². The van der Waals surface area contributed by atoms with Crippen LogP contribution in [-0.2, 0) is 10.9 Å². The number of ether oxygens (including phenoxy) is 1. The average Bonchev–Trinajstić information content (AvgIpc) is 2.72. The molecule has 0 spiro atoms. The van der Waals surface area contributed by atoms with Gasteiger partial charge < -0.3 is 4.74 Å². The lowest BCUT2D eigenvalue weighted by atomic mass is 9.76. The second-order valence-electron chi connectivity index (χ2n) is 9.77. The number of carbonyl (C=O) groups is 1. The van der Waals surface area contributed by atoms with Crippen molar-refractivity contribution in [3.63, 3.8) is 0 Å². The van der Waals surface area contributed by atoms with Crippen LogP contribution in [0.15, 0.2) is 24.3 Å². The van der Waals surface area contributed by atoms with Crippen molar-refractivity contribution in [3.05, 3.63) is 35.4 Å². The van der Waals surface area contributed by atoms with Gasteiger partial charge in [0.05, 0.1) is 11.1 Å². The molecule has 1 heterocycles. The lowest BCUT2D eigenvalue weighted by Gasteiger charge is -2.37. The van der Waals surface area contributed by atoms with Crippen LogP contribution in [0.2, 0.25) is 18.1 Å². The Morgan fingerprint density at radius 1 is 1.00 bits per heavy atom. The van der Waals surface area contributed by atoms with Gasteiger partial charge in [-0.1, -0.05) is 51.2 Å². The van der Waals surface area contributed by atoms with E-state index in [-0.39, 0.29) is 11.7 Å². The van der Waals surface area contributed by atoms with E-state index < -0.39 is 26.5 Å². The van der Waals surface area contributed by atoms with Crippen molar-refractivity contribution in [1.29, 1.82) is 0 Å². The summed E-state index contributed by atoms with van der Waals surface area (Å²) in [5.41, 5.74) is -0.559. The number of rotatable bonds is 6.